The second kappa shape index (κ2) is 7.73. The number of carbonyl (C=O) groups excluding carboxylic acids is 2. The molecule has 1 aliphatic rings. The van der Waals surface area contributed by atoms with E-state index in [4.69, 9.17) is 0 Å². The van der Waals surface area contributed by atoms with Crippen LogP contribution in [0.25, 0.3) is 0 Å². The van der Waals surface area contributed by atoms with Gasteiger partial charge in [-0.25, -0.2) is 0 Å². The fraction of sp³-hybridized carbons (Fsp3) is 0.364. The fourth-order valence-corrected chi connectivity index (χ4v) is 3.30. The molecule has 2 aromatic rings. The molecule has 4 nitrogen and oxygen atoms in total. The molecule has 1 aliphatic heterocycles. The van der Waals surface area contributed by atoms with E-state index in [1.165, 1.54) is 5.56 Å². The Labute approximate surface area is 155 Å². The van der Waals surface area contributed by atoms with Crippen LogP contribution in [0, 0.1) is 5.92 Å². The molecule has 4 heteroatoms. The van der Waals surface area contributed by atoms with Crippen LogP contribution in [0.15, 0.2) is 42.5 Å². The van der Waals surface area contributed by atoms with Crippen LogP contribution in [0.5, 0.6) is 0 Å². The lowest BCUT2D eigenvalue weighted by Gasteiger charge is -2.31. The van der Waals surface area contributed by atoms with E-state index in [2.05, 4.69) is 26.1 Å². The fourth-order valence-electron chi connectivity index (χ4n) is 3.30. The summed E-state index contributed by atoms with van der Waals surface area (Å²) >= 11 is 0. The van der Waals surface area contributed by atoms with Gasteiger partial charge in [0.25, 0.3) is 5.91 Å². The van der Waals surface area contributed by atoms with Crippen molar-refractivity contribution < 1.29 is 9.59 Å². The third-order valence-corrected chi connectivity index (χ3v) is 4.71. The smallest absolute Gasteiger partial charge is 0.255 e. The molecule has 136 valence electrons. The van der Waals surface area contributed by atoms with Gasteiger partial charge in [-0.15, -0.1) is 0 Å². The molecule has 0 saturated heterocycles. The summed E-state index contributed by atoms with van der Waals surface area (Å²) < 4.78 is 0. The van der Waals surface area contributed by atoms with Crippen molar-refractivity contribution in [2.45, 2.75) is 40.0 Å². The van der Waals surface area contributed by atoms with Crippen LogP contribution >= 0.6 is 0 Å². The van der Waals surface area contributed by atoms with Crippen molar-refractivity contribution in [2.24, 2.45) is 5.92 Å². The number of aryl methyl sites for hydroxylation is 2. The Morgan fingerprint density at radius 2 is 1.85 bits per heavy atom. The van der Waals surface area contributed by atoms with Crippen LogP contribution < -0.4 is 10.2 Å². The third-order valence-electron chi connectivity index (χ3n) is 4.71. The largest absolute Gasteiger partial charge is 0.322 e. The first kappa shape index (κ1) is 18.2. The Kier molecular flexibility index (Phi) is 5.40. The number of fused-ring (bicyclic) bond motifs is 1. The maximum atomic E-state index is 12.5. The maximum absolute atomic E-state index is 12.5. The second-order valence-corrected chi connectivity index (χ2v) is 7.25. The van der Waals surface area contributed by atoms with Crippen molar-refractivity contribution in [3.05, 3.63) is 59.2 Å². The van der Waals surface area contributed by atoms with Crippen LogP contribution in [0.2, 0.25) is 0 Å². The summed E-state index contributed by atoms with van der Waals surface area (Å²) in [6.45, 7) is 7.04. The molecule has 0 aromatic heterocycles. The average Bonchev–Trinajstić information content (AvgIpc) is 2.64. The molecule has 3 rings (SSSR count). The Morgan fingerprint density at radius 1 is 1.12 bits per heavy atom. The molecule has 26 heavy (non-hydrogen) atoms. The first-order chi connectivity index (χ1) is 12.5. The Morgan fingerprint density at radius 3 is 2.50 bits per heavy atom. The molecule has 2 aromatic carbocycles. The summed E-state index contributed by atoms with van der Waals surface area (Å²) in [7, 11) is 0. The number of nitrogens with zero attached hydrogens (tertiary/aromatic N) is 1. The van der Waals surface area contributed by atoms with Gasteiger partial charge in [-0.1, -0.05) is 32.9 Å². The number of hydrogen-bond donors (Lipinski definition) is 1. The summed E-state index contributed by atoms with van der Waals surface area (Å²) in [5.74, 6) is 0.480. The molecule has 0 spiro atoms. The van der Waals surface area contributed by atoms with Crippen LogP contribution in [-0.4, -0.2) is 18.4 Å². The summed E-state index contributed by atoms with van der Waals surface area (Å²) in [5, 5.41) is 2.97. The first-order valence-electron chi connectivity index (χ1n) is 9.31. The summed E-state index contributed by atoms with van der Waals surface area (Å²) in [4.78, 5) is 26.6. The number of amides is 2. The zero-order valence-electron chi connectivity index (χ0n) is 15.7. The van der Waals surface area contributed by atoms with Gasteiger partial charge in [0.15, 0.2) is 0 Å². The van der Waals surface area contributed by atoms with Crippen molar-refractivity contribution in [3.63, 3.8) is 0 Å². The van der Waals surface area contributed by atoms with Gasteiger partial charge in [0.1, 0.15) is 0 Å². The number of rotatable bonds is 5. The number of benzene rings is 2. The van der Waals surface area contributed by atoms with Gasteiger partial charge in [-0.2, -0.15) is 0 Å². The molecule has 0 radical (unpaired) electrons. The molecule has 0 unspecified atom stereocenters. The first-order valence-corrected chi connectivity index (χ1v) is 9.31. The lowest BCUT2D eigenvalue weighted by molar-refractivity contribution is -0.119. The number of carbonyl (C=O) groups is 2. The van der Waals surface area contributed by atoms with Gasteiger partial charge in [0.2, 0.25) is 5.91 Å². The van der Waals surface area contributed by atoms with Gasteiger partial charge < -0.3 is 10.2 Å². The summed E-state index contributed by atoms with van der Waals surface area (Å²) in [6, 6.07) is 13.5. The van der Waals surface area contributed by atoms with Crippen LogP contribution in [0.1, 0.15) is 48.7 Å². The van der Waals surface area contributed by atoms with Gasteiger partial charge in [-0.05, 0) is 60.2 Å². The van der Waals surface area contributed by atoms with Crippen molar-refractivity contribution in [2.75, 3.05) is 16.8 Å². The lowest BCUT2D eigenvalue weighted by atomic mass is 9.99. The molecule has 2 amide bonds. The van der Waals surface area contributed by atoms with Crippen molar-refractivity contribution in [1.29, 1.82) is 0 Å². The highest BCUT2D eigenvalue weighted by Crippen LogP contribution is 2.31. The van der Waals surface area contributed by atoms with Crippen LogP contribution in [0.4, 0.5) is 11.4 Å². The maximum Gasteiger partial charge on any atom is 0.255 e. The third kappa shape index (κ3) is 3.96. The summed E-state index contributed by atoms with van der Waals surface area (Å²) in [6.07, 6.45) is 2.20. The molecule has 1 N–H and O–H groups in total. The minimum Gasteiger partial charge on any atom is -0.322 e. The molecule has 0 aliphatic carbocycles. The van der Waals surface area contributed by atoms with E-state index in [0.717, 1.165) is 36.3 Å². The van der Waals surface area contributed by atoms with E-state index in [-0.39, 0.29) is 11.8 Å². The summed E-state index contributed by atoms with van der Waals surface area (Å²) in [5.41, 5.74) is 4.72. The predicted molar refractivity (Wildman–Crippen MR) is 106 cm³/mol. The molecule has 1 heterocycles. The van der Waals surface area contributed by atoms with Crippen molar-refractivity contribution in [1.82, 2.24) is 0 Å². The molecule has 0 fully saturated rings. The highest BCUT2D eigenvalue weighted by molar-refractivity contribution is 6.04. The highest BCUT2D eigenvalue weighted by Gasteiger charge is 2.24. The van der Waals surface area contributed by atoms with E-state index in [1.807, 2.05) is 47.4 Å². The molecule has 0 bridgehead atoms. The van der Waals surface area contributed by atoms with Gasteiger partial charge in [0.05, 0.1) is 0 Å². The van der Waals surface area contributed by atoms with E-state index >= 15 is 0 Å². The normalized spacial score (nSPS) is 13.7. The van der Waals surface area contributed by atoms with Crippen molar-refractivity contribution in [3.8, 4) is 0 Å². The quantitative estimate of drug-likeness (QED) is 0.867. The second-order valence-electron chi connectivity index (χ2n) is 7.25. The average molecular weight is 350 g/mol. The predicted octanol–water partition coefficient (Wildman–Crippen LogP) is 4.44. The zero-order valence-corrected chi connectivity index (χ0v) is 15.7. The standard InChI is InChI=1S/C22H26N2O2/c1-4-16-5-7-17(8-6-16)22(26)23-19-10-11-20-18(13-19)9-12-21(25)24(20)14-15(2)3/h5-8,10-11,13,15H,4,9,12,14H2,1-3H3,(H,23,26). The SMILES string of the molecule is CCc1ccc(C(=O)Nc2ccc3c(c2)CCC(=O)N3CC(C)C)cc1. The minimum absolute atomic E-state index is 0.112. The van der Waals surface area contributed by atoms with E-state index in [9.17, 15) is 9.59 Å². The number of nitrogens with one attached hydrogen (secondary N) is 1. The van der Waals surface area contributed by atoms with E-state index in [0.29, 0.717) is 17.9 Å². The van der Waals surface area contributed by atoms with Crippen LogP contribution in [-0.2, 0) is 17.6 Å². The lowest BCUT2D eigenvalue weighted by Crippen LogP contribution is -2.37. The van der Waals surface area contributed by atoms with Crippen molar-refractivity contribution >= 4 is 23.2 Å². The van der Waals surface area contributed by atoms with Gasteiger partial charge >= 0.3 is 0 Å². The zero-order chi connectivity index (χ0) is 18.7. The van der Waals surface area contributed by atoms with Gasteiger partial charge in [0, 0.05) is 29.9 Å². The van der Waals surface area contributed by atoms with Gasteiger partial charge in [-0.3, -0.25) is 9.59 Å². The number of anilines is 2. The minimum atomic E-state index is -0.112. The Bertz CT molecular complexity index is 809. The van der Waals surface area contributed by atoms with E-state index < -0.39 is 0 Å². The monoisotopic (exact) mass is 350 g/mol. The molecular formula is C22H26N2O2. The molecule has 0 saturated carbocycles. The Balaban J connectivity index is 1.78. The van der Waals surface area contributed by atoms with Crippen LogP contribution in [0.3, 0.4) is 0 Å². The topological polar surface area (TPSA) is 49.4 Å². The van der Waals surface area contributed by atoms with E-state index in [1.54, 1.807) is 0 Å². The Hall–Kier alpha value is -2.62. The number of hydrogen-bond acceptors (Lipinski definition) is 2. The highest BCUT2D eigenvalue weighted by atomic mass is 16.2. The molecule has 0 atom stereocenters. The molecular weight excluding hydrogens is 324 g/mol.